The van der Waals surface area contributed by atoms with Crippen LogP contribution in [-0.4, -0.2) is 25.6 Å². The van der Waals surface area contributed by atoms with E-state index in [2.05, 4.69) is 0 Å². The highest BCUT2D eigenvalue weighted by Crippen LogP contribution is 2.14. The Labute approximate surface area is 60.1 Å². The summed E-state index contributed by atoms with van der Waals surface area (Å²) in [6, 6.07) is 0. The molecule has 0 aliphatic carbocycles. The minimum atomic E-state index is 0.439. The van der Waals surface area contributed by atoms with Crippen LogP contribution < -0.4 is 0 Å². The fourth-order valence-corrected chi connectivity index (χ4v) is 1.37. The van der Waals surface area contributed by atoms with Gasteiger partial charge in [0.15, 0.2) is 0 Å². The average molecular weight is 148 g/mol. The second kappa shape index (κ2) is 4.14. The standard InChI is InChI=1S/C6H12O2S/c1-9-8-6-2-4-7-5-3-6/h6H,2-5H2,1H3. The molecule has 1 heterocycles. The van der Waals surface area contributed by atoms with Crippen molar-refractivity contribution in [3.05, 3.63) is 0 Å². The van der Waals surface area contributed by atoms with Gasteiger partial charge in [0, 0.05) is 19.5 Å². The molecular weight excluding hydrogens is 136 g/mol. The lowest BCUT2D eigenvalue weighted by atomic mass is 10.2. The monoisotopic (exact) mass is 148 g/mol. The molecule has 1 aliphatic rings. The van der Waals surface area contributed by atoms with Gasteiger partial charge in [0.25, 0.3) is 0 Å². The minimum absolute atomic E-state index is 0.439. The van der Waals surface area contributed by atoms with Crippen LogP contribution in [0.15, 0.2) is 0 Å². The molecule has 0 spiro atoms. The van der Waals surface area contributed by atoms with Crippen molar-refractivity contribution in [3.8, 4) is 0 Å². The SMILES string of the molecule is CSOC1CCOCC1. The van der Waals surface area contributed by atoms with Gasteiger partial charge in [-0.1, -0.05) is 0 Å². The lowest BCUT2D eigenvalue weighted by molar-refractivity contribution is 0.0342. The molecule has 0 aromatic carbocycles. The number of hydrogen-bond acceptors (Lipinski definition) is 3. The van der Waals surface area contributed by atoms with E-state index in [1.54, 1.807) is 0 Å². The van der Waals surface area contributed by atoms with E-state index in [0.717, 1.165) is 26.1 Å². The van der Waals surface area contributed by atoms with E-state index in [1.165, 1.54) is 12.0 Å². The Balaban J connectivity index is 2.08. The van der Waals surface area contributed by atoms with Gasteiger partial charge < -0.3 is 8.92 Å². The van der Waals surface area contributed by atoms with Crippen LogP contribution >= 0.6 is 12.0 Å². The zero-order valence-corrected chi connectivity index (χ0v) is 6.45. The Hall–Kier alpha value is 0.270. The summed E-state index contributed by atoms with van der Waals surface area (Å²) in [7, 11) is 0. The van der Waals surface area contributed by atoms with Crippen molar-refractivity contribution in [2.75, 3.05) is 19.5 Å². The maximum atomic E-state index is 5.32. The lowest BCUT2D eigenvalue weighted by Crippen LogP contribution is -2.20. The van der Waals surface area contributed by atoms with Gasteiger partial charge in [-0.2, -0.15) is 0 Å². The Morgan fingerprint density at radius 3 is 2.67 bits per heavy atom. The third kappa shape index (κ3) is 2.56. The number of hydrogen-bond donors (Lipinski definition) is 0. The molecule has 1 saturated heterocycles. The first-order valence-electron chi connectivity index (χ1n) is 3.20. The van der Waals surface area contributed by atoms with Gasteiger partial charge in [0.2, 0.25) is 0 Å². The molecule has 0 atom stereocenters. The van der Waals surface area contributed by atoms with E-state index in [9.17, 15) is 0 Å². The Morgan fingerprint density at radius 2 is 2.11 bits per heavy atom. The summed E-state index contributed by atoms with van der Waals surface area (Å²) in [5.74, 6) is 0. The largest absolute Gasteiger partial charge is 0.381 e. The minimum Gasteiger partial charge on any atom is -0.381 e. The summed E-state index contributed by atoms with van der Waals surface area (Å²) in [6.07, 6.45) is 4.51. The first kappa shape index (κ1) is 7.38. The molecule has 1 aliphatic heterocycles. The average Bonchev–Trinajstić information content (AvgIpc) is 1.91. The summed E-state index contributed by atoms with van der Waals surface area (Å²) < 4.78 is 10.5. The molecule has 0 N–H and O–H groups in total. The van der Waals surface area contributed by atoms with Gasteiger partial charge in [-0.25, -0.2) is 0 Å². The van der Waals surface area contributed by atoms with Gasteiger partial charge in [0.05, 0.1) is 6.10 Å². The molecule has 0 bridgehead atoms. The maximum Gasteiger partial charge on any atom is 0.0766 e. The molecule has 0 radical (unpaired) electrons. The molecule has 0 aromatic heterocycles. The van der Waals surface area contributed by atoms with E-state index in [4.69, 9.17) is 8.92 Å². The van der Waals surface area contributed by atoms with Gasteiger partial charge in [-0.05, 0) is 24.9 Å². The van der Waals surface area contributed by atoms with Crippen molar-refractivity contribution in [1.29, 1.82) is 0 Å². The first-order chi connectivity index (χ1) is 4.43. The highest BCUT2D eigenvalue weighted by Gasteiger charge is 2.12. The zero-order chi connectivity index (χ0) is 6.53. The third-order valence-corrected chi connectivity index (χ3v) is 1.87. The normalized spacial score (nSPS) is 22.3. The second-order valence-electron chi connectivity index (χ2n) is 2.07. The van der Waals surface area contributed by atoms with Crippen molar-refractivity contribution in [1.82, 2.24) is 0 Å². The van der Waals surface area contributed by atoms with Gasteiger partial charge in [-0.3, -0.25) is 0 Å². The predicted molar refractivity (Wildman–Crippen MR) is 38.4 cm³/mol. The molecule has 0 amide bonds. The maximum absolute atomic E-state index is 5.32. The van der Waals surface area contributed by atoms with Crippen molar-refractivity contribution >= 4 is 12.0 Å². The van der Waals surface area contributed by atoms with Crippen LogP contribution in [0.4, 0.5) is 0 Å². The topological polar surface area (TPSA) is 18.5 Å². The number of rotatable bonds is 2. The predicted octanol–water partition coefficient (Wildman–Crippen LogP) is 1.46. The van der Waals surface area contributed by atoms with E-state index in [1.807, 2.05) is 6.26 Å². The Bertz CT molecular complexity index is 68.7. The van der Waals surface area contributed by atoms with E-state index >= 15 is 0 Å². The summed E-state index contributed by atoms with van der Waals surface area (Å²) in [6.45, 7) is 1.73. The van der Waals surface area contributed by atoms with Crippen LogP contribution in [0.1, 0.15) is 12.8 Å². The summed E-state index contributed by atoms with van der Waals surface area (Å²) >= 11 is 1.45. The van der Waals surface area contributed by atoms with Crippen LogP contribution in [0.2, 0.25) is 0 Å². The van der Waals surface area contributed by atoms with Crippen LogP contribution in [0.25, 0.3) is 0 Å². The molecule has 2 nitrogen and oxygen atoms in total. The summed E-state index contributed by atoms with van der Waals surface area (Å²) in [4.78, 5) is 0. The fraction of sp³-hybridized carbons (Fsp3) is 1.00. The van der Waals surface area contributed by atoms with Crippen LogP contribution in [0.5, 0.6) is 0 Å². The second-order valence-corrected chi connectivity index (χ2v) is 2.60. The smallest absolute Gasteiger partial charge is 0.0766 e. The van der Waals surface area contributed by atoms with Crippen LogP contribution in [0.3, 0.4) is 0 Å². The van der Waals surface area contributed by atoms with Crippen molar-refractivity contribution in [3.63, 3.8) is 0 Å². The molecule has 1 rings (SSSR count). The third-order valence-electron chi connectivity index (χ3n) is 1.40. The quantitative estimate of drug-likeness (QED) is 0.552. The summed E-state index contributed by atoms with van der Waals surface area (Å²) in [5, 5.41) is 0. The molecule has 0 unspecified atom stereocenters. The van der Waals surface area contributed by atoms with Crippen molar-refractivity contribution in [2.45, 2.75) is 18.9 Å². The zero-order valence-electron chi connectivity index (χ0n) is 5.63. The van der Waals surface area contributed by atoms with Crippen molar-refractivity contribution < 1.29 is 8.92 Å². The van der Waals surface area contributed by atoms with Gasteiger partial charge in [0.1, 0.15) is 0 Å². The van der Waals surface area contributed by atoms with E-state index in [0.29, 0.717) is 6.10 Å². The molecule has 54 valence electrons. The number of ether oxygens (including phenoxy) is 1. The molecule has 1 fully saturated rings. The van der Waals surface area contributed by atoms with E-state index in [-0.39, 0.29) is 0 Å². The molecule has 3 heteroatoms. The molecular formula is C6H12O2S. The molecule has 0 aromatic rings. The van der Waals surface area contributed by atoms with Crippen LogP contribution in [0, 0.1) is 0 Å². The highest BCUT2D eigenvalue weighted by molar-refractivity contribution is 7.93. The molecule has 0 saturated carbocycles. The Kier molecular flexibility index (Phi) is 3.40. The van der Waals surface area contributed by atoms with Crippen molar-refractivity contribution in [2.24, 2.45) is 0 Å². The van der Waals surface area contributed by atoms with Crippen LogP contribution in [-0.2, 0) is 8.92 Å². The van der Waals surface area contributed by atoms with E-state index < -0.39 is 0 Å². The first-order valence-corrected chi connectivity index (χ1v) is 4.35. The highest BCUT2D eigenvalue weighted by atomic mass is 32.2. The van der Waals surface area contributed by atoms with Gasteiger partial charge >= 0.3 is 0 Å². The van der Waals surface area contributed by atoms with Gasteiger partial charge in [-0.15, -0.1) is 0 Å². The molecule has 9 heavy (non-hydrogen) atoms. The fourth-order valence-electron chi connectivity index (χ4n) is 0.908. The summed E-state index contributed by atoms with van der Waals surface area (Å²) in [5.41, 5.74) is 0. The Morgan fingerprint density at radius 1 is 1.44 bits per heavy atom. The lowest BCUT2D eigenvalue weighted by Gasteiger charge is -2.20.